The predicted molar refractivity (Wildman–Crippen MR) is 119 cm³/mol. The van der Waals surface area contributed by atoms with Gasteiger partial charge >= 0.3 is 0 Å². The number of nitrogens with zero attached hydrogens (tertiary/aromatic N) is 1. The average Bonchev–Trinajstić information content (AvgIpc) is 2.79. The molecule has 1 aliphatic heterocycles. The molecule has 0 aliphatic carbocycles. The number of amides is 1. The number of carbonyl (C=O) groups excluding carboxylic acids is 1. The minimum absolute atomic E-state index is 0.206. The van der Waals surface area contributed by atoms with Crippen molar-refractivity contribution in [1.82, 2.24) is 0 Å². The molecule has 0 atom stereocenters. The number of anilines is 2. The number of hydrogen-bond donors (Lipinski definition) is 1. The summed E-state index contributed by atoms with van der Waals surface area (Å²) in [6, 6.07) is 18.3. The molecule has 3 aromatic rings. The van der Waals surface area contributed by atoms with Gasteiger partial charge in [-0.25, -0.2) is 8.42 Å². The van der Waals surface area contributed by atoms with Crippen molar-refractivity contribution in [1.29, 1.82) is 0 Å². The van der Waals surface area contributed by atoms with Crippen LogP contribution in [0.3, 0.4) is 0 Å². The van der Waals surface area contributed by atoms with Crippen molar-refractivity contribution in [2.24, 2.45) is 0 Å². The number of benzene rings is 3. The lowest BCUT2D eigenvalue weighted by atomic mass is 10.1. The van der Waals surface area contributed by atoms with Gasteiger partial charge in [0.1, 0.15) is 13.2 Å². The summed E-state index contributed by atoms with van der Waals surface area (Å²) < 4.78 is 38.0. The van der Waals surface area contributed by atoms with E-state index >= 15 is 0 Å². The Balaban J connectivity index is 1.54. The summed E-state index contributed by atoms with van der Waals surface area (Å²) in [6.45, 7) is 2.73. The predicted octanol–water partition coefficient (Wildman–Crippen LogP) is 3.84. The first-order valence-electron chi connectivity index (χ1n) is 9.72. The van der Waals surface area contributed by atoms with Gasteiger partial charge in [-0.2, -0.15) is 0 Å². The minimum Gasteiger partial charge on any atom is -0.486 e. The highest BCUT2D eigenvalue weighted by Crippen LogP contribution is 2.33. The van der Waals surface area contributed by atoms with Crippen LogP contribution in [-0.4, -0.2) is 34.6 Å². The van der Waals surface area contributed by atoms with Crippen molar-refractivity contribution >= 4 is 27.3 Å². The third-order valence-corrected chi connectivity index (χ3v) is 6.79. The standard InChI is InChI=1S/C23H22N2O5S/c1-16-14-17(23(26)24-18-9-11-21-22(15-18)30-13-12-29-21)8-10-20(16)25(2)31(27,28)19-6-4-3-5-7-19/h3-11,14-15H,12-13H2,1-2H3,(H,24,26). The second-order valence-electron chi connectivity index (χ2n) is 7.10. The van der Waals surface area contributed by atoms with Gasteiger partial charge in [-0.3, -0.25) is 9.10 Å². The van der Waals surface area contributed by atoms with Crippen LogP contribution in [0, 0.1) is 6.92 Å². The van der Waals surface area contributed by atoms with E-state index < -0.39 is 10.0 Å². The Kier molecular flexibility index (Phi) is 5.56. The molecule has 4 rings (SSSR count). The van der Waals surface area contributed by atoms with Crippen LogP contribution in [0.2, 0.25) is 0 Å². The molecule has 1 heterocycles. The van der Waals surface area contributed by atoms with Gasteiger partial charge in [0.15, 0.2) is 11.5 Å². The van der Waals surface area contributed by atoms with Crippen LogP contribution >= 0.6 is 0 Å². The molecule has 3 aromatic carbocycles. The Bertz CT molecular complexity index is 1230. The Labute approximate surface area is 181 Å². The minimum atomic E-state index is -3.70. The zero-order chi connectivity index (χ0) is 22.0. The first-order valence-corrected chi connectivity index (χ1v) is 11.2. The van der Waals surface area contributed by atoms with Gasteiger partial charge in [0.05, 0.1) is 10.6 Å². The lowest BCUT2D eigenvalue weighted by Crippen LogP contribution is -2.27. The van der Waals surface area contributed by atoms with Crippen LogP contribution < -0.4 is 19.1 Å². The highest BCUT2D eigenvalue weighted by molar-refractivity contribution is 7.92. The summed E-state index contributed by atoms with van der Waals surface area (Å²) >= 11 is 0. The van der Waals surface area contributed by atoms with Crippen molar-refractivity contribution in [3.05, 3.63) is 77.9 Å². The largest absolute Gasteiger partial charge is 0.486 e. The fraction of sp³-hybridized carbons (Fsp3) is 0.174. The molecule has 160 valence electrons. The van der Waals surface area contributed by atoms with Crippen LogP contribution in [-0.2, 0) is 10.0 Å². The van der Waals surface area contributed by atoms with Crippen molar-refractivity contribution in [2.45, 2.75) is 11.8 Å². The zero-order valence-corrected chi connectivity index (χ0v) is 18.0. The second kappa shape index (κ2) is 8.31. The highest BCUT2D eigenvalue weighted by atomic mass is 32.2. The number of carbonyl (C=O) groups is 1. The SMILES string of the molecule is Cc1cc(C(=O)Nc2ccc3c(c2)OCCO3)ccc1N(C)S(=O)(=O)c1ccccc1. The van der Waals surface area contributed by atoms with E-state index in [9.17, 15) is 13.2 Å². The van der Waals surface area contributed by atoms with Gasteiger partial charge in [0.2, 0.25) is 0 Å². The van der Waals surface area contributed by atoms with Crippen LogP contribution in [0.5, 0.6) is 11.5 Å². The molecule has 0 aromatic heterocycles. The third kappa shape index (κ3) is 4.20. The molecular weight excluding hydrogens is 416 g/mol. The van der Waals surface area contributed by atoms with Crippen LogP contribution in [0.15, 0.2) is 71.6 Å². The second-order valence-corrected chi connectivity index (χ2v) is 9.07. The lowest BCUT2D eigenvalue weighted by Gasteiger charge is -2.22. The van der Waals surface area contributed by atoms with Crippen molar-refractivity contribution < 1.29 is 22.7 Å². The van der Waals surface area contributed by atoms with E-state index in [1.807, 2.05) is 0 Å². The van der Waals surface area contributed by atoms with Gasteiger partial charge < -0.3 is 14.8 Å². The van der Waals surface area contributed by atoms with E-state index in [4.69, 9.17) is 9.47 Å². The molecule has 1 N–H and O–H groups in total. The highest BCUT2D eigenvalue weighted by Gasteiger charge is 2.23. The smallest absolute Gasteiger partial charge is 0.264 e. The van der Waals surface area contributed by atoms with E-state index in [1.54, 1.807) is 73.7 Å². The topological polar surface area (TPSA) is 84.9 Å². The molecule has 1 amide bonds. The van der Waals surface area contributed by atoms with E-state index in [1.165, 1.54) is 11.4 Å². The number of nitrogens with one attached hydrogen (secondary N) is 1. The zero-order valence-electron chi connectivity index (χ0n) is 17.2. The van der Waals surface area contributed by atoms with E-state index in [2.05, 4.69) is 5.32 Å². The Hall–Kier alpha value is -3.52. The van der Waals surface area contributed by atoms with Gasteiger partial charge in [0, 0.05) is 24.4 Å². The van der Waals surface area contributed by atoms with Crippen LogP contribution in [0.1, 0.15) is 15.9 Å². The molecule has 7 nitrogen and oxygen atoms in total. The Morgan fingerprint density at radius 1 is 0.935 bits per heavy atom. The Morgan fingerprint density at radius 2 is 1.65 bits per heavy atom. The molecule has 0 bridgehead atoms. The normalized spacial score (nSPS) is 12.8. The monoisotopic (exact) mass is 438 g/mol. The summed E-state index contributed by atoms with van der Waals surface area (Å²) in [7, 11) is -2.20. The van der Waals surface area contributed by atoms with Crippen molar-refractivity contribution in [3.63, 3.8) is 0 Å². The fourth-order valence-electron chi connectivity index (χ4n) is 3.35. The van der Waals surface area contributed by atoms with E-state index in [0.29, 0.717) is 47.2 Å². The van der Waals surface area contributed by atoms with E-state index in [0.717, 1.165) is 0 Å². The van der Waals surface area contributed by atoms with Gasteiger partial charge in [-0.1, -0.05) is 18.2 Å². The number of rotatable bonds is 5. The number of sulfonamides is 1. The Morgan fingerprint density at radius 3 is 2.35 bits per heavy atom. The van der Waals surface area contributed by atoms with Crippen molar-refractivity contribution in [3.8, 4) is 11.5 Å². The van der Waals surface area contributed by atoms with Crippen LogP contribution in [0.4, 0.5) is 11.4 Å². The number of aryl methyl sites for hydroxylation is 1. The number of ether oxygens (including phenoxy) is 2. The maximum atomic E-state index is 12.9. The molecule has 0 unspecified atom stereocenters. The first-order chi connectivity index (χ1) is 14.9. The maximum Gasteiger partial charge on any atom is 0.264 e. The van der Waals surface area contributed by atoms with Crippen LogP contribution in [0.25, 0.3) is 0 Å². The fourth-order valence-corrected chi connectivity index (χ4v) is 4.64. The van der Waals surface area contributed by atoms with Gasteiger partial charge in [-0.15, -0.1) is 0 Å². The molecule has 0 saturated heterocycles. The van der Waals surface area contributed by atoms with E-state index in [-0.39, 0.29) is 10.8 Å². The molecule has 8 heteroatoms. The van der Waals surface area contributed by atoms with Gasteiger partial charge in [-0.05, 0) is 55.0 Å². The van der Waals surface area contributed by atoms with Crippen molar-refractivity contribution in [2.75, 3.05) is 29.9 Å². The molecule has 0 fully saturated rings. The molecule has 0 saturated carbocycles. The molecule has 31 heavy (non-hydrogen) atoms. The molecule has 0 radical (unpaired) electrons. The third-order valence-electron chi connectivity index (χ3n) is 5.00. The summed E-state index contributed by atoms with van der Waals surface area (Å²) in [6.07, 6.45) is 0. The molecule has 0 spiro atoms. The van der Waals surface area contributed by atoms with Gasteiger partial charge in [0.25, 0.3) is 15.9 Å². The number of hydrogen-bond acceptors (Lipinski definition) is 5. The summed E-state index contributed by atoms with van der Waals surface area (Å²) in [4.78, 5) is 12.9. The molecular formula is C23H22N2O5S. The summed E-state index contributed by atoms with van der Waals surface area (Å²) in [5.74, 6) is 0.926. The quantitative estimate of drug-likeness (QED) is 0.654. The average molecular weight is 439 g/mol. The molecule has 1 aliphatic rings. The lowest BCUT2D eigenvalue weighted by molar-refractivity contribution is 0.102. The summed E-state index contributed by atoms with van der Waals surface area (Å²) in [5, 5.41) is 2.83. The maximum absolute atomic E-state index is 12.9. The number of fused-ring (bicyclic) bond motifs is 1. The first kappa shape index (κ1) is 20.7. The summed E-state index contributed by atoms with van der Waals surface area (Å²) in [5.41, 5.74) is 2.16.